The molecule has 0 aliphatic carbocycles. The van der Waals surface area contributed by atoms with Gasteiger partial charge in [0.2, 0.25) is 11.6 Å². The summed E-state index contributed by atoms with van der Waals surface area (Å²) in [5.74, 6) is 1.21. The third kappa shape index (κ3) is 2.21. The highest BCUT2D eigenvalue weighted by Crippen LogP contribution is 2.29. The van der Waals surface area contributed by atoms with Crippen molar-refractivity contribution in [1.82, 2.24) is 14.9 Å². The fourth-order valence-electron chi connectivity index (χ4n) is 2.45. The normalized spacial score (nSPS) is 15.0. The maximum absolute atomic E-state index is 12.0. The number of amides is 1. The Kier molecular flexibility index (Phi) is 3.30. The van der Waals surface area contributed by atoms with Gasteiger partial charge in [-0.25, -0.2) is 9.97 Å². The van der Waals surface area contributed by atoms with E-state index in [1.165, 1.54) is 6.33 Å². The number of hydrogen-bond acceptors (Lipinski definition) is 5. The summed E-state index contributed by atoms with van der Waals surface area (Å²) in [5, 5.41) is 0.749. The van der Waals surface area contributed by atoms with Crippen LogP contribution >= 0.6 is 0 Å². The van der Waals surface area contributed by atoms with E-state index in [0.29, 0.717) is 11.6 Å². The molecule has 0 N–H and O–H groups in total. The predicted molar refractivity (Wildman–Crippen MR) is 72.6 cm³/mol. The largest absolute Gasteiger partial charge is 0.467 e. The Labute approximate surface area is 116 Å². The molecule has 1 aliphatic heterocycles. The highest BCUT2D eigenvalue weighted by molar-refractivity contribution is 5.84. The average Bonchev–Trinajstić information content (AvgIpc) is 3.06. The number of nitrogens with zero attached hydrogens (tertiary/aromatic N) is 3. The van der Waals surface area contributed by atoms with Crippen LogP contribution < -0.4 is 4.74 Å². The lowest BCUT2D eigenvalue weighted by Crippen LogP contribution is -2.32. The van der Waals surface area contributed by atoms with Crippen molar-refractivity contribution in [3.05, 3.63) is 17.7 Å². The maximum atomic E-state index is 12.0. The maximum Gasteiger partial charge on any atom is 0.260 e. The van der Waals surface area contributed by atoms with Crippen molar-refractivity contribution in [2.24, 2.45) is 0 Å². The van der Waals surface area contributed by atoms with E-state index >= 15 is 0 Å². The Morgan fingerprint density at radius 3 is 2.85 bits per heavy atom. The fourth-order valence-corrected chi connectivity index (χ4v) is 2.45. The molecule has 106 valence electrons. The second-order valence-electron chi connectivity index (χ2n) is 5.02. The molecule has 0 radical (unpaired) electrons. The van der Waals surface area contributed by atoms with E-state index in [0.717, 1.165) is 42.6 Å². The number of likely N-dealkylation sites (tertiary alicyclic amines) is 1. The zero-order valence-electron chi connectivity index (χ0n) is 11.7. The van der Waals surface area contributed by atoms with Gasteiger partial charge in [0.05, 0.1) is 0 Å². The van der Waals surface area contributed by atoms with E-state index in [1.807, 2.05) is 18.7 Å². The lowest BCUT2D eigenvalue weighted by atomic mass is 10.2. The van der Waals surface area contributed by atoms with Crippen molar-refractivity contribution in [3.63, 3.8) is 0 Å². The van der Waals surface area contributed by atoms with Gasteiger partial charge in [0.15, 0.2) is 6.61 Å². The summed E-state index contributed by atoms with van der Waals surface area (Å²) in [6, 6.07) is 0. The third-order valence-electron chi connectivity index (χ3n) is 3.72. The molecule has 0 saturated carbocycles. The zero-order valence-corrected chi connectivity index (χ0v) is 11.7. The Bertz CT molecular complexity index is 644. The van der Waals surface area contributed by atoms with Crippen molar-refractivity contribution in [2.75, 3.05) is 19.7 Å². The number of rotatable bonds is 3. The molecular weight excluding hydrogens is 258 g/mol. The Morgan fingerprint density at radius 1 is 1.35 bits per heavy atom. The highest BCUT2D eigenvalue weighted by atomic mass is 16.5. The van der Waals surface area contributed by atoms with Crippen LogP contribution in [0.1, 0.15) is 24.2 Å². The van der Waals surface area contributed by atoms with Gasteiger partial charge in [-0.3, -0.25) is 4.79 Å². The highest BCUT2D eigenvalue weighted by Gasteiger charge is 2.20. The van der Waals surface area contributed by atoms with E-state index in [4.69, 9.17) is 9.15 Å². The monoisotopic (exact) mass is 275 g/mol. The minimum atomic E-state index is 0.00660. The average molecular weight is 275 g/mol. The van der Waals surface area contributed by atoms with Gasteiger partial charge >= 0.3 is 0 Å². The first kappa shape index (κ1) is 12.9. The topological polar surface area (TPSA) is 68.5 Å². The number of aromatic nitrogens is 2. The number of ether oxygens (including phenoxy) is 1. The molecule has 1 saturated heterocycles. The smallest absolute Gasteiger partial charge is 0.260 e. The van der Waals surface area contributed by atoms with Crippen LogP contribution in [0.3, 0.4) is 0 Å². The molecule has 2 aromatic rings. The number of hydrogen-bond donors (Lipinski definition) is 0. The van der Waals surface area contributed by atoms with Gasteiger partial charge in [-0.2, -0.15) is 0 Å². The lowest BCUT2D eigenvalue weighted by Gasteiger charge is -2.15. The molecule has 0 unspecified atom stereocenters. The van der Waals surface area contributed by atoms with Gasteiger partial charge in [-0.15, -0.1) is 0 Å². The minimum absolute atomic E-state index is 0.00660. The first-order valence-corrected chi connectivity index (χ1v) is 6.78. The number of carbonyl (C=O) groups is 1. The molecule has 6 heteroatoms. The van der Waals surface area contributed by atoms with E-state index in [2.05, 4.69) is 9.97 Å². The van der Waals surface area contributed by atoms with Crippen LogP contribution in [0, 0.1) is 13.8 Å². The molecule has 20 heavy (non-hydrogen) atoms. The second kappa shape index (κ2) is 5.11. The Morgan fingerprint density at radius 2 is 2.10 bits per heavy atom. The van der Waals surface area contributed by atoms with Crippen molar-refractivity contribution in [2.45, 2.75) is 26.7 Å². The fraction of sp³-hybridized carbons (Fsp3) is 0.500. The molecule has 3 heterocycles. The molecule has 0 aromatic carbocycles. The molecule has 3 rings (SSSR count). The van der Waals surface area contributed by atoms with Crippen LogP contribution in [-0.4, -0.2) is 40.5 Å². The van der Waals surface area contributed by atoms with Crippen molar-refractivity contribution < 1.29 is 13.9 Å². The van der Waals surface area contributed by atoms with Gasteiger partial charge in [-0.05, 0) is 26.7 Å². The third-order valence-corrected chi connectivity index (χ3v) is 3.72. The summed E-state index contributed by atoms with van der Waals surface area (Å²) < 4.78 is 11.1. The number of aryl methyl sites for hydroxylation is 2. The summed E-state index contributed by atoms with van der Waals surface area (Å²) in [6.45, 7) is 5.46. The quantitative estimate of drug-likeness (QED) is 0.855. The minimum Gasteiger partial charge on any atom is -0.467 e. The summed E-state index contributed by atoms with van der Waals surface area (Å²) in [6.07, 6.45) is 3.54. The standard InChI is InChI=1S/C14H17N3O3/c1-9-10(2)20-14-12(9)13(15-8-16-14)19-7-11(18)17-5-3-4-6-17/h8H,3-7H2,1-2H3. The summed E-state index contributed by atoms with van der Waals surface area (Å²) >= 11 is 0. The molecule has 1 fully saturated rings. The number of fused-ring (bicyclic) bond motifs is 1. The number of carbonyl (C=O) groups excluding carboxylic acids is 1. The molecule has 0 bridgehead atoms. The lowest BCUT2D eigenvalue weighted by molar-refractivity contribution is -0.132. The molecule has 2 aromatic heterocycles. The SMILES string of the molecule is Cc1oc2ncnc(OCC(=O)N3CCCC3)c2c1C. The van der Waals surface area contributed by atoms with E-state index in [-0.39, 0.29) is 12.5 Å². The Balaban J connectivity index is 1.79. The van der Waals surface area contributed by atoms with Crippen molar-refractivity contribution in [3.8, 4) is 5.88 Å². The molecule has 6 nitrogen and oxygen atoms in total. The molecular formula is C14H17N3O3. The van der Waals surface area contributed by atoms with Crippen LogP contribution in [0.25, 0.3) is 11.1 Å². The summed E-state index contributed by atoms with van der Waals surface area (Å²) in [5.41, 5.74) is 1.45. The van der Waals surface area contributed by atoms with Crippen LogP contribution in [-0.2, 0) is 4.79 Å². The molecule has 0 spiro atoms. The Hall–Kier alpha value is -2.11. The first-order valence-electron chi connectivity index (χ1n) is 6.78. The van der Waals surface area contributed by atoms with Gasteiger partial charge in [0.25, 0.3) is 5.91 Å². The first-order chi connectivity index (χ1) is 9.66. The molecule has 1 amide bonds. The molecule has 0 atom stereocenters. The second-order valence-corrected chi connectivity index (χ2v) is 5.02. The van der Waals surface area contributed by atoms with Gasteiger partial charge in [0.1, 0.15) is 17.5 Å². The van der Waals surface area contributed by atoms with Crippen LogP contribution in [0.4, 0.5) is 0 Å². The zero-order chi connectivity index (χ0) is 14.1. The van der Waals surface area contributed by atoms with E-state index in [1.54, 1.807) is 0 Å². The summed E-state index contributed by atoms with van der Waals surface area (Å²) in [4.78, 5) is 22.0. The van der Waals surface area contributed by atoms with Crippen molar-refractivity contribution in [1.29, 1.82) is 0 Å². The molecule has 1 aliphatic rings. The predicted octanol–water partition coefficient (Wildman–Crippen LogP) is 1.84. The van der Waals surface area contributed by atoms with Crippen LogP contribution in [0.2, 0.25) is 0 Å². The number of furan rings is 1. The van der Waals surface area contributed by atoms with E-state index in [9.17, 15) is 4.79 Å². The van der Waals surface area contributed by atoms with E-state index < -0.39 is 0 Å². The van der Waals surface area contributed by atoms with Crippen LogP contribution in [0.15, 0.2) is 10.7 Å². The van der Waals surface area contributed by atoms with Gasteiger partial charge in [0, 0.05) is 18.7 Å². The van der Waals surface area contributed by atoms with Gasteiger partial charge in [-0.1, -0.05) is 0 Å². The van der Waals surface area contributed by atoms with Gasteiger partial charge < -0.3 is 14.1 Å². The summed E-state index contributed by atoms with van der Waals surface area (Å²) in [7, 11) is 0. The van der Waals surface area contributed by atoms with Crippen molar-refractivity contribution >= 4 is 17.0 Å². The van der Waals surface area contributed by atoms with Crippen LogP contribution in [0.5, 0.6) is 5.88 Å².